The predicted octanol–water partition coefficient (Wildman–Crippen LogP) is 3.16. The number of halogens is 1. The summed E-state index contributed by atoms with van der Waals surface area (Å²) >= 11 is 7.75. The van der Waals surface area contributed by atoms with Gasteiger partial charge in [-0.15, -0.1) is 0 Å². The van der Waals surface area contributed by atoms with Crippen molar-refractivity contribution in [2.24, 2.45) is 0 Å². The second-order valence-electron chi connectivity index (χ2n) is 4.60. The number of carboxylic acid groups (broad SMARTS) is 1. The van der Waals surface area contributed by atoms with Gasteiger partial charge in [0.1, 0.15) is 5.82 Å². The minimum absolute atomic E-state index is 0.123. The van der Waals surface area contributed by atoms with Gasteiger partial charge in [-0.25, -0.2) is 9.78 Å². The molecule has 2 heterocycles. The van der Waals surface area contributed by atoms with Crippen molar-refractivity contribution in [1.82, 2.24) is 4.98 Å². The Bertz CT molecular complexity index is 470. The molecule has 0 saturated carbocycles. The third kappa shape index (κ3) is 3.54. The SMILES string of the molecule is CSC1CCCN(c2cc(C(=O)O)c(Cl)cn2)CC1. The van der Waals surface area contributed by atoms with Gasteiger partial charge in [0.05, 0.1) is 10.6 Å². The van der Waals surface area contributed by atoms with Crippen LogP contribution in [0, 0.1) is 0 Å². The van der Waals surface area contributed by atoms with Gasteiger partial charge in [0, 0.05) is 24.5 Å². The molecule has 1 saturated heterocycles. The summed E-state index contributed by atoms with van der Waals surface area (Å²) in [7, 11) is 0. The molecule has 1 aliphatic heterocycles. The highest BCUT2D eigenvalue weighted by atomic mass is 35.5. The molecule has 1 aromatic heterocycles. The van der Waals surface area contributed by atoms with Gasteiger partial charge in [0.15, 0.2) is 0 Å². The summed E-state index contributed by atoms with van der Waals surface area (Å²) in [4.78, 5) is 17.5. The Balaban J connectivity index is 2.17. The molecule has 1 unspecified atom stereocenters. The number of rotatable bonds is 3. The maximum absolute atomic E-state index is 11.1. The fraction of sp³-hybridized carbons (Fsp3) is 0.538. The average molecular weight is 301 g/mol. The lowest BCUT2D eigenvalue weighted by Gasteiger charge is -2.22. The van der Waals surface area contributed by atoms with Crippen LogP contribution in [-0.4, -0.2) is 40.7 Å². The molecule has 1 aromatic rings. The van der Waals surface area contributed by atoms with Crippen LogP contribution in [0.3, 0.4) is 0 Å². The molecule has 6 heteroatoms. The number of anilines is 1. The van der Waals surface area contributed by atoms with E-state index in [2.05, 4.69) is 16.1 Å². The summed E-state index contributed by atoms with van der Waals surface area (Å²) in [6, 6.07) is 1.57. The number of hydrogen-bond donors (Lipinski definition) is 1. The van der Waals surface area contributed by atoms with E-state index in [1.54, 1.807) is 6.07 Å². The monoisotopic (exact) mass is 300 g/mol. The van der Waals surface area contributed by atoms with Crippen molar-refractivity contribution < 1.29 is 9.90 Å². The number of thioether (sulfide) groups is 1. The minimum atomic E-state index is -1.01. The number of carbonyl (C=O) groups is 1. The van der Waals surface area contributed by atoms with E-state index in [-0.39, 0.29) is 10.6 Å². The molecule has 4 nitrogen and oxygen atoms in total. The highest BCUT2D eigenvalue weighted by Gasteiger charge is 2.19. The normalized spacial score (nSPS) is 20.1. The molecule has 1 N–H and O–H groups in total. The summed E-state index contributed by atoms with van der Waals surface area (Å²) in [6.45, 7) is 1.84. The van der Waals surface area contributed by atoms with Crippen molar-refractivity contribution in [1.29, 1.82) is 0 Å². The predicted molar refractivity (Wildman–Crippen MR) is 79.6 cm³/mol. The van der Waals surface area contributed by atoms with Crippen LogP contribution >= 0.6 is 23.4 Å². The first kappa shape index (κ1) is 14.5. The maximum atomic E-state index is 11.1. The quantitative estimate of drug-likeness (QED) is 0.929. The summed E-state index contributed by atoms with van der Waals surface area (Å²) in [6.07, 6.45) is 6.99. The summed E-state index contributed by atoms with van der Waals surface area (Å²) in [5.74, 6) is -0.297. The molecule has 0 bridgehead atoms. The molecule has 0 amide bonds. The smallest absolute Gasteiger partial charge is 0.337 e. The number of carboxylic acids is 1. The van der Waals surface area contributed by atoms with Crippen molar-refractivity contribution in [2.45, 2.75) is 24.5 Å². The van der Waals surface area contributed by atoms with Gasteiger partial charge >= 0.3 is 5.97 Å². The Morgan fingerprint density at radius 1 is 1.53 bits per heavy atom. The molecule has 0 spiro atoms. The van der Waals surface area contributed by atoms with Crippen LogP contribution in [-0.2, 0) is 0 Å². The van der Waals surface area contributed by atoms with E-state index in [0.29, 0.717) is 11.1 Å². The van der Waals surface area contributed by atoms with Gasteiger partial charge in [-0.3, -0.25) is 0 Å². The standard InChI is InChI=1S/C13H17ClN2O2S/c1-19-9-3-2-5-16(6-4-9)12-7-10(13(17)18)11(14)8-15-12/h7-9H,2-6H2,1H3,(H,17,18). The zero-order valence-electron chi connectivity index (χ0n) is 10.8. The van der Waals surface area contributed by atoms with Crippen LogP contribution in [0.25, 0.3) is 0 Å². The summed E-state index contributed by atoms with van der Waals surface area (Å²) < 4.78 is 0. The number of nitrogens with zero attached hydrogens (tertiary/aromatic N) is 2. The minimum Gasteiger partial charge on any atom is -0.478 e. The molecule has 0 radical (unpaired) electrons. The zero-order valence-corrected chi connectivity index (χ0v) is 12.4. The van der Waals surface area contributed by atoms with Crippen LogP contribution in [0.1, 0.15) is 29.6 Å². The number of aromatic nitrogens is 1. The second kappa shape index (κ2) is 6.48. The van der Waals surface area contributed by atoms with Crippen molar-refractivity contribution >= 4 is 35.1 Å². The Morgan fingerprint density at radius 2 is 2.32 bits per heavy atom. The van der Waals surface area contributed by atoms with Gasteiger partial charge in [0.25, 0.3) is 0 Å². The van der Waals surface area contributed by atoms with Crippen LogP contribution in [0.15, 0.2) is 12.3 Å². The Hall–Kier alpha value is -0.940. The van der Waals surface area contributed by atoms with E-state index < -0.39 is 5.97 Å². The van der Waals surface area contributed by atoms with Gasteiger partial charge < -0.3 is 10.0 Å². The molecule has 0 aliphatic carbocycles. The van der Waals surface area contributed by atoms with E-state index in [1.165, 1.54) is 12.6 Å². The molecule has 19 heavy (non-hydrogen) atoms. The number of pyridine rings is 1. The van der Waals surface area contributed by atoms with Crippen molar-refractivity contribution in [3.05, 3.63) is 22.8 Å². The van der Waals surface area contributed by atoms with E-state index in [1.807, 2.05) is 11.8 Å². The topological polar surface area (TPSA) is 53.4 Å². The van der Waals surface area contributed by atoms with E-state index in [9.17, 15) is 4.79 Å². The first-order valence-corrected chi connectivity index (χ1v) is 7.95. The number of hydrogen-bond acceptors (Lipinski definition) is 4. The van der Waals surface area contributed by atoms with Gasteiger partial charge in [-0.1, -0.05) is 11.6 Å². The van der Waals surface area contributed by atoms with Gasteiger partial charge in [-0.05, 0) is 31.6 Å². The molecule has 104 valence electrons. The maximum Gasteiger partial charge on any atom is 0.337 e. The fourth-order valence-electron chi connectivity index (χ4n) is 2.30. The van der Waals surface area contributed by atoms with Crippen molar-refractivity contribution in [3.8, 4) is 0 Å². The molecule has 1 aliphatic rings. The molecular weight excluding hydrogens is 284 g/mol. The summed E-state index contributed by atoms with van der Waals surface area (Å²) in [5, 5.41) is 9.97. The van der Waals surface area contributed by atoms with E-state index in [4.69, 9.17) is 16.7 Å². The zero-order chi connectivity index (χ0) is 13.8. The van der Waals surface area contributed by atoms with Crippen molar-refractivity contribution in [3.63, 3.8) is 0 Å². The second-order valence-corrected chi connectivity index (χ2v) is 6.15. The molecule has 1 fully saturated rings. The first-order chi connectivity index (χ1) is 9.11. The lowest BCUT2D eigenvalue weighted by atomic mass is 10.2. The molecule has 2 rings (SSSR count). The lowest BCUT2D eigenvalue weighted by Crippen LogP contribution is -2.25. The Labute approximate surface area is 122 Å². The van der Waals surface area contributed by atoms with Gasteiger partial charge in [0.2, 0.25) is 0 Å². The summed E-state index contributed by atoms with van der Waals surface area (Å²) in [5.41, 5.74) is 0.123. The fourth-order valence-corrected chi connectivity index (χ4v) is 3.22. The molecule has 1 atom stereocenters. The third-order valence-electron chi connectivity index (χ3n) is 3.40. The number of aromatic carboxylic acids is 1. The van der Waals surface area contributed by atoms with Crippen molar-refractivity contribution in [2.75, 3.05) is 24.2 Å². The Morgan fingerprint density at radius 3 is 3.00 bits per heavy atom. The van der Waals surface area contributed by atoms with Crippen LogP contribution in [0.5, 0.6) is 0 Å². The Kier molecular flexibility index (Phi) is 4.93. The van der Waals surface area contributed by atoms with E-state index >= 15 is 0 Å². The highest BCUT2D eigenvalue weighted by molar-refractivity contribution is 7.99. The van der Waals surface area contributed by atoms with Gasteiger partial charge in [-0.2, -0.15) is 11.8 Å². The largest absolute Gasteiger partial charge is 0.478 e. The molecule has 0 aromatic carbocycles. The molecular formula is C13H17ClN2O2S. The first-order valence-electron chi connectivity index (χ1n) is 6.28. The van der Waals surface area contributed by atoms with Crippen LogP contribution in [0.4, 0.5) is 5.82 Å². The average Bonchev–Trinajstić information content (AvgIpc) is 2.64. The van der Waals surface area contributed by atoms with Crippen LogP contribution < -0.4 is 4.90 Å². The van der Waals surface area contributed by atoms with E-state index in [0.717, 1.165) is 25.9 Å². The lowest BCUT2D eigenvalue weighted by molar-refractivity contribution is 0.0697. The highest BCUT2D eigenvalue weighted by Crippen LogP contribution is 2.26. The third-order valence-corrected chi connectivity index (χ3v) is 4.84. The van der Waals surface area contributed by atoms with Crippen LogP contribution in [0.2, 0.25) is 5.02 Å².